The third-order valence-electron chi connectivity index (χ3n) is 3.39. The second-order valence-electron chi connectivity index (χ2n) is 4.14. The van der Waals surface area contributed by atoms with Crippen molar-refractivity contribution in [3.05, 3.63) is 0 Å². The molecule has 0 aromatic rings. The van der Waals surface area contributed by atoms with E-state index in [4.69, 9.17) is 0 Å². The van der Waals surface area contributed by atoms with E-state index >= 15 is 0 Å². The predicted octanol–water partition coefficient (Wildman–Crippen LogP) is 3.22. The molecule has 2 unspecified atom stereocenters. The fraction of sp³-hybridized carbons (Fsp3) is 1.00. The van der Waals surface area contributed by atoms with E-state index in [9.17, 15) is 0 Å². The predicted molar refractivity (Wildman–Crippen MR) is 43.8 cm³/mol. The monoisotopic (exact) mass is 138 g/mol. The topological polar surface area (TPSA) is 0 Å². The average molecular weight is 138 g/mol. The highest BCUT2D eigenvalue weighted by Gasteiger charge is 2.43. The zero-order valence-electron chi connectivity index (χ0n) is 6.97. The maximum Gasteiger partial charge on any atom is -0.0355 e. The fourth-order valence-corrected chi connectivity index (χ4v) is 2.42. The quantitative estimate of drug-likeness (QED) is 0.561. The van der Waals surface area contributed by atoms with Crippen LogP contribution in [0.2, 0.25) is 0 Å². The lowest BCUT2D eigenvalue weighted by atomic mass is 9.81. The van der Waals surface area contributed by atoms with Crippen LogP contribution in [0.25, 0.3) is 0 Å². The Morgan fingerprint density at radius 1 is 1.30 bits per heavy atom. The second-order valence-corrected chi connectivity index (χ2v) is 4.14. The highest BCUT2D eigenvalue weighted by atomic mass is 14.5. The molecule has 2 aliphatic carbocycles. The van der Waals surface area contributed by atoms with Crippen molar-refractivity contribution in [3.8, 4) is 0 Å². The van der Waals surface area contributed by atoms with Gasteiger partial charge in [-0.25, -0.2) is 0 Å². The molecule has 58 valence electrons. The van der Waals surface area contributed by atoms with Crippen LogP contribution >= 0.6 is 0 Å². The fourth-order valence-electron chi connectivity index (χ4n) is 2.42. The van der Waals surface area contributed by atoms with Gasteiger partial charge in [-0.05, 0) is 24.2 Å². The van der Waals surface area contributed by atoms with E-state index in [0.717, 1.165) is 5.92 Å². The zero-order chi connectivity index (χ0) is 6.97. The van der Waals surface area contributed by atoms with E-state index in [1.54, 1.807) is 19.3 Å². The van der Waals surface area contributed by atoms with Crippen LogP contribution in [-0.4, -0.2) is 0 Å². The van der Waals surface area contributed by atoms with Crippen molar-refractivity contribution in [2.75, 3.05) is 0 Å². The third-order valence-corrected chi connectivity index (χ3v) is 3.39. The van der Waals surface area contributed by atoms with Crippen LogP contribution in [0.1, 0.15) is 45.4 Å². The van der Waals surface area contributed by atoms with Crippen LogP contribution in [0, 0.1) is 17.8 Å². The Morgan fingerprint density at radius 3 is 2.60 bits per heavy atom. The van der Waals surface area contributed by atoms with Gasteiger partial charge < -0.3 is 0 Å². The van der Waals surface area contributed by atoms with Gasteiger partial charge in [0, 0.05) is 0 Å². The molecule has 2 aliphatic rings. The Balaban J connectivity index is 1.68. The molecule has 0 heterocycles. The Bertz CT molecular complexity index is 113. The first kappa shape index (κ1) is 6.69. The minimum atomic E-state index is 1.16. The molecule has 0 aromatic carbocycles. The summed E-state index contributed by atoms with van der Waals surface area (Å²) in [5.41, 5.74) is 0. The molecule has 2 rings (SSSR count). The SMILES string of the molecule is CCCC1CC1C1CCC1. The molecule has 0 amide bonds. The van der Waals surface area contributed by atoms with Crippen molar-refractivity contribution in [2.24, 2.45) is 17.8 Å². The summed E-state index contributed by atoms with van der Waals surface area (Å²) in [5, 5.41) is 0. The van der Waals surface area contributed by atoms with Gasteiger partial charge in [-0.1, -0.05) is 39.0 Å². The molecule has 0 aromatic heterocycles. The van der Waals surface area contributed by atoms with Gasteiger partial charge in [0.15, 0.2) is 0 Å². The molecule has 0 bridgehead atoms. The van der Waals surface area contributed by atoms with Crippen LogP contribution < -0.4 is 0 Å². The Labute approximate surface area is 64.0 Å². The summed E-state index contributed by atoms with van der Waals surface area (Å²) in [6, 6.07) is 0. The lowest BCUT2D eigenvalue weighted by molar-refractivity contribution is 0.263. The zero-order valence-corrected chi connectivity index (χ0v) is 6.97. The van der Waals surface area contributed by atoms with Crippen LogP contribution in [0.4, 0.5) is 0 Å². The first-order valence-corrected chi connectivity index (χ1v) is 4.92. The summed E-state index contributed by atoms with van der Waals surface area (Å²) in [6.07, 6.45) is 9.16. The molecule has 2 fully saturated rings. The molecule has 2 atom stereocenters. The Morgan fingerprint density at radius 2 is 2.10 bits per heavy atom. The largest absolute Gasteiger partial charge is 0.0654 e. The molecule has 0 spiro atoms. The van der Waals surface area contributed by atoms with Gasteiger partial charge >= 0.3 is 0 Å². The van der Waals surface area contributed by atoms with Gasteiger partial charge in [0.05, 0.1) is 0 Å². The number of rotatable bonds is 3. The van der Waals surface area contributed by atoms with Gasteiger partial charge in [-0.3, -0.25) is 0 Å². The highest BCUT2D eigenvalue weighted by Crippen LogP contribution is 2.53. The highest BCUT2D eigenvalue weighted by molar-refractivity contribution is 4.93. The minimum absolute atomic E-state index is 1.16. The summed E-state index contributed by atoms with van der Waals surface area (Å²) in [7, 11) is 0. The standard InChI is InChI=1S/C10H18/c1-2-4-9-7-10(9)8-5-3-6-8/h8-10H,2-7H2,1H3. The first-order valence-electron chi connectivity index (χ1n) is 4.92. The molecule has 2 saturated carbocycles. The lowest BCUT2D eigenvalue weighted by Crippen LogP contribution is -2.13. The maximum atomic E-state index is 2.32. The minimum Gasteiger partial charge on any atom is -0.0654 e. The number of hydrogen-bond donors (Lipinski definition) is 0. The summed E-state index contributed by atoms with van der Waals surface area (Å²) < 4.78 is 0. The summed E-state index contributed by atoms with van der Waals surface area (Å²) in [6.45, 7) is 2.32. The molecular weight excluding hydrogens is 120 g/mol. The second kappa shape index (κ2) is 2.56. The van der Waals surface area contributed by atoms with Gasteiger partial charge in [0.1, 0.15) is 0 Å². The molecule has 10 heavy (non-hydrogen) atoms. The van der Waals surface area contributed by atoms with Crippen LogP contribution in [0.5, 0.6) is 0 Å². The summed E-state index contributed by atoms with van der Waals surface area (Å²) in [5.74, 6) is 3.53. The summed E-state index contributed by atoms with van der Waals surface area (Å²) >= 11 is 0. The van der Waals surface area contributed by atoms with Crippen molar-refractivity contribution in [1.82, 2.24) is 0 Å². The average Bonchev–Trinajstić information content (AvgIpc) is 2.44. The van der Waals surface area contributed by atoms with Crippen LogP contribution in [0.15, 0.2) is 0 Å². The van der Waals surface area contributed by atoms with Crippen molar-refractivity contribution in [1.29, 1.82) is 0 Å². The normalized spacial score (nSPS) is 39.3. The van der Waals surface area contributed by atoms with Crippen LogP contribution in [0.3, 0.4) is 0 Å². The van der Waals surface area contributed by atoms with Crippen molar-refractivity contribution in [2.45, 2.75) is 45.4 Å². The van der Waals surface area contributed by atoms with Gasteiger partial charge in [0.2, 0.25) is 0 Å². The maximum absolute atomic E-state index is 2.32. The third kappa shape index (κ3) is 1.09. The van der Waals surface area contributed by atoms with E-state index in [1.807, 2.05) is 0 Å². The smallest absolute Gasteiger partial charge is 0.0355 e. The van der Waals surface area contributed by atoms with E-state index in [1.165, 1.54) is 31.1 Å². The molecule has 0 heteroatoms. The van der Waals surface area contributed by atoms with E-state index in [2.05, 4.69) is 6.92 Å². The van der Waals surface area contributed by atoms with Crippen molar-refractivity contribution < 1.29 is 0 Å². The van der Waals surface area contributed by atoms with E-state index in [-0.39, 0.29) is 0 Å². The lowest BCUT2D eigenvalue weighted by Gasteiger charge is -2.25. The molecular formula is C10H18. The Kier molecular flexibility index (Phi) is 1.71. The molecule has 0 radical (unpaired) electrons. The molecule has 0 aliphatic heterocycles. The molecule has 0 N–H and O–H groups in total. The van der Waals surface area contributed by atoms with Gasteiger partial charge in [-0.2, -0.15) is 0 Å². The van der Waals surface area contributed by atoms with Gasteiger partial charge in [0.25, 0.3) is 0 Å². The van der Waals surface area contributed by atoms with Crippen molar-refractivity contribution in [3.63, 3.8) is 0 Å². The van der Waals surface area contributed by atoms with E-state index < -0.39 is 0 Å². The van der Waals surface area contributed by atoms with Crippen LogP contribution in [-0.2, 0) is 0 Å². The number of hydrogen-bond acceptors (Lipinski definition) is 0. The van der Waals surface area contributed by atoms with E-state index in [0.29, 0.717) is 0 Å². The Hall–Kier alpha value is 0. The first-order chi connectivity index (χ1) is 4.92. The molecule has 0 saturated heterocycles. The van der Waals surface area contributed by atoms with Gasteiger partial charge in [-0.15, -0.1) is 0 Å². The molecule has 0 nitrogen and oxygen atoms in total. The summed E-state index contributed by atoms with van der Waals surface area (Å²) in [4.78, 5) is 0. The van der Waals surface area contributed by atoms with Crippen molar-refractivity contribution >= 4 is 0 Å².